The van der Waals surface area contributed by atoms with E-state index in [1.807, 2.05) is 23.6 Å². The van der Waals surface area contributed by atoms with Gasteiger partial charge in [0, 0.05) is 6.54 Å². The zero-order valence-corrected chi connectivity index (χ0v) is 13.8. The lowest BCUT2D eigenvalue weighted by Gasteiger charge is -2.06. The Labute approximate surface area is 138 Å². The Kier molecular flexibility index (Phi) is 4.52. The zero-order chi connectivity index (χ0) is 16.2. The smallest absolute Gasteiger partial charge is 0.257 e. The summed E-state index contributed by atoms with van der Waals surface area (Å²) in [6.45, 7) is 4.62. The van der Waals surface area contributed by atoms with Crippen LogP contribution in [0.15, 0.2) is 40.1 Å². The van der Waals surface area contributed by atoms with Crippen molar-refractivity contribution in [2.24, 2.45) is 0 Å². The number of rotatable bonds is 5. The van der Waals surface area contributed by atoms with Gasteiger partial charge in [-0.3, -0.25) is 4.79 Å². The van der Waals surface area contributed by atoms with Gasteiger partial charge in [-0.15, -0.1) is 21.5 Å². The number of nitrogens with zero attached hydrogens (tertiary/aromatic N) is 2. The number of aryl methyl sites for hydroxylation is 2. The van der Waals surface area contributed by atoms with Gasteiger partial charge in [0.2, 0.25) is 11.8 Å². The SMILES string of the molecule is Cc1ccc(CNC(=O)Cc2nnc(-c3cccs3)o2)cc1C. The molecule has 5 nitrogen and oxygen atoms in total. The van der Waals surface area contributed by atoms with Crippen molar-refractivity contribution < 1.29 is 9.21 Å². The minimum Gasteiger partial charge on any atom is -0.419 e. The Morgan fingerprint density at radius 3 is 2.83 bits per heavy atom. The summed E-state index contributed by atoms with van der Waals surface area (Å²) < 4.78 is 5.51. The molecule has 0 saturated carbocycles. The molecule has 2 heterocycles. The first-order valence-electron chi connectivity index (χ1n) is 7.31. The van der Waals surface area contributed by atoms with Crippen molar-refractivity contribution >= 4 is 17.2 Å². The fourth-order valence-electron chi connectivity index (χ4n) is 2.14. The molecule has 1 N–H and O–H groups in total. The highest BCUT2D eigenvalue weighted by molar-refractivity contribution is 7.13. The molecule has 6 heteroatoms. The third kappa shape index (κ3) is 3.84. The van der Waals surface area contributed by atoms with E-state index in [0.717, 1.165) is 10.4 Å². The molecular weight excluding hydrogens is 310 g/mol. The molecule has 0 spiro atoms. The number of aromatic nitrogens is 2. The maximum Gasteiger partial charge on any atom is 0.257 e. The first kappa shape index (κ1) is 15.4. The van der Waals surface area contributed by atoms with Crippen LogP contribution in [0.2, 0.25) is 0 Å². The van der Waals surface area contributed by atoms with Crippen LogP contribution in [0.3, 0.4) is 0 Å². The molecule has 0 unspecified atom stereocenters. The summed E-state index contributed by atoms with van der Waals surface area (Å²) >= 11 is 1.52. The number of carbonyl (C=O) groups excluding carboxylic acids is 1. The molecule has 0 saturated heterocycles. The third-order valence-corrected chi connectivity index (χ3v) is 4.43. The lowest BCUT2D eigenvalue weighted by molar-refractivity contribution is -0.120. The van der Waals surface area contributed by atoms with Crippen LogP contribution >= 0.6 is 11.3 Å². The van der Waals surface area contributed by atoms with Gasteiger partial charge in [0.05, 0.1) is 4.88 Å². The van der Waals surface area contributed by atoms with Crippen molar-refractivity contribution in [3.8, 4) is 10.8 Å². The molecule has 0 aliphatic carbocycles. The lowest BCUT2D eigenvalue weighted by atomic mass is 10.1. The van der Waals surface area contributed by atoms with E-state index in [1.165, 1.54) is 22.5 Å². The van der Waals surface area contributed by atoms with E-state index in [2.05, 4.69) is 41.5 Å². The van der Waals surface area contributed by atoms with Crippen molar-refractivity contribution in [2.75, 3.05) is 0 Å². The van der Waals surface area contributed by atoms with Crippen LogP contribution < -0.4 is 5.32 Å². The highest BCUT2D eigenvalue weighted by Gasteiger charge is 2.12. The van der Waals surface area contributed by atoms with Crippen molar-refractivity contribution in [3.63, 3.8) is 0 Å². The van der Waals surface area contributed by atoms with Gasteiger partial charge in [0.1, 0.15) is 6.42 Å². The molecule has 0 fully saturated rings. The van der Waals surface area contributed by atoms with Gasteiger partial charge in [0.15, 0.2) is 0 Å². The molecule has 2 aromatic heterocycles. The second-order valence-corrected chi connectivity index (χ2v) is 6.30. The zero-order valence-electron chi connectivity index (χ0n) is 13.0. The van der Waals surface area contributed by atoms with Crippen LogP contribution in [0, 0.1) is 13.8 Å². The number of thiophene rings is 1. The predicted molar refractivity (Wildman–Crippen MR) is 89.1 cm³/mol. The quantitative estimate of drug-likeness (QED) is 0.781. The van der Waals surface area contributed by atoms with Crippen LogP contribution in [-0.2, 0) is 17.8 Å². The van der Waals surface area contributed by atoms with E-state index < -0.39 is 0 Å². The maximum atomic E-state index is 12.0. The molecule has 0 bridgehead atoms. The summed E-state index contributed by atoms with van der Waals surface area (Å²) in [6, 6.07) is 9.98. The molecular formula is C17H17N3O2S. The average Bonchev–Trinajstić information content (AvgIpc) is 3.19. The molecule has 0 radical (unpaired) electrons. The summed E-state index contributed by atoms with van der Waals surface area (Å²) in [5.74, 6) is 0.646. The number of benzene rings is 1. The van der Waals surface area contributed by atoms with Gasteiger partial charge >= 0.3 is 0 Å². The minimum atomic E-state index is -0.135. The molecule has 1 amide bonds. The number of hydrogen-bond donors (Lipinski definition) is 1. The van der Waals surface area contributed by atoms with E-state index in [4.69, 9.17) is 4.42 Å². The Bertz CT molecular complexity index is 809. The van der Waals surface area contributed by atoms with Crippen molar-refractivity contribution in [1.29, 1.82) is 0 Å². The number of amides is 1. The van der Waals surface area contributed by atoms with E-state index in [1.54, 1.807) is 0 Å². The summed E-state index contributed by atoms with van der Waals surface area (Å²) in [4.78, 5) is 12.9. The summed E-state index contributed by atoms with van der Waals surface area (Å²) in [5, 5.41) is 12.7. The Morgan fingerprint density at radius 2 is 2.09 bits per heavy atom. The van der Waals surface area contributed by atoms with E-state index in [9.17, 15) is 4.79 Å². The number of carbonyl (C=O) groups is 1. The molecule has 0 atom stereocenters. The molecule has 3 aromatic rings. The Morgan fingerprint density at radius 1 is 1.22 bits per heavy atom. The fourth-order valence-corrected chi connectivity index (χ4v) is 2.78. The van der Waals surface area contributed by atoms with Crippen LogP contribution in [0.4, 0.5) is 0 Å². The normalized spacial score (nSPS) is 10.7. The Hall–Kier alpha value is -2.47. The van der Waals surface area contributed by atoms with E-state index in [0.29, 0.717) is 18.3 Å². The van der Waals surface area contributed by atoms with Crippen molar-refractivity contribution in [2.45, 2.75) is 26.8 Å². The van der Waals surface area contributed by atoms with E-state index >= 15 is 0 Å². The second kappa shape index (κ2) is 6.75. The van der Waals surface area contributed by atoms with Gasteiger partial charge in [-0.1, -0.05) is 24.3 Å². The fraction of sp³-hybridized carbons (Fsp3) is 0.235. The average molecular weight is 327 g/mol. The van der Waals surface area contributed by atoms with Gasteiger partial charge in [-0.2, -0.15) is 0 Å². The van der Waals surface area contributed by atoms with E-state index in [-0.39, 0.29) is 12.3 Å². The largest absolute Gasteiger partial charge is 0.419 e. The van der Waals surface area contributed by atoms with Crippen LogP contribution in [0.25, 0.3) is 10.8 Å². The molecule has 1 aromatic carbocycles. The third-order valence-electron chi connectivity index (χ3n) is 3.57. The van der Waals surface area contributed by atoms with Crippen LogP contribution in [0.5, 0.6) is 0 Å². The Balaban J connectivity index is 1.56. The predicted octanol–water partition coefficient (Wildman–Crippen LogP) is 3.27. The minimum absolute atomic E-state index is 0.0865. The van der Waals surface area contributed by atoms with Crippen molar-refractivity contribution in [3.05, 3.63) is 58.3 Å². The highest BCUT2D eigenvalue weighted by atomic mass is 32.1. The molecule has 118 valence electrons. The van der Waals surface area contributed by atoms with Crippen LogP contribution in [-0.4, -0.2) is 16.1 Å². The van der Waals surface area contributed by atoms with Gasteiger partial charge in [-0.25, -0.2) is 0 Å². The lowest BCUT2D eigenvalue weighted by Crippen LogP contribution is -2.24. The summed E-state index contributed by atoms with van der Waals surface area (Å²) in [5.41, 5.74) is 3.53. The van der Waals surface area contributed by atoms with Gasteiger partial charge < -0.3 is 9.73 Å². The molecule has 3 rings (SSSR count). The van der Waals surface area contributed by atoms with Gasteiger partial charge in [0.25, 0.3) is 5.89 Å². The number of nitrogens with one attached hydrogen (secondary N) is 1. The molecule has 0 aliphatic heterocycles. The number of hydrogen-bond acceptors (Lipinski definition) is 5. The van der Waals surface area contributed by atoms with Gasteiger partial charge in [-0.05, 0) is 42.0 Å². The monoisotopic (exact) mass is 327 g/mol. The summed E-state index contributed by atoms with van der Waals surface area (Å²) in [6.07, 6.45) is 0.0865. The molecule has 0 aliphatic rings. The first-order chi connectivity index (χ1) is 11.1. The standard InChI is InChI=1S/C17H17N3O2S/c1-11-5-6-13(8-12(11)2)10-18-15(21)9-16-19-20-17(22-16)14-4-3-7-23-14/h3-8H,9-10H2,1-2H3,(H,18,21). The highest BCUT2D eigenvalue weighted by Crippen LogP contribution is 2.22. The molecule has 23 heavy (non-hydrogen) atoms. The topological polar surface area (TPSA) is 68.0 Å². The summed E-state index contributed by atoms with van der Waals surface area (Å²) in [7, 11) is 0. The van der Waals surface area contributed by atoms with Crippen LogP contribution in [0.1, 0.15) is 22.6 Å². The van der Waals surface area contributed by atoms with Crippen molar-refractivity contribution in [1.82, 2.24) is 15.5 Å². The first-order valence-corrected chi connectivity index (χ1v) is 8.19. The second-order valence-electron chi connectivity index (χ2n) is 5.35. The maximum absolute atomic E-state index is 12.0.